The number of fused-ring (bicyclic) bond motifs is 1. The molecule has 146 valence electrons. The van der Waals surface area contributed by atoms with Gasteiger partial charge < -0.3 is 10.8 Å². The largest absolute Gasteiger partial charge is 0.480 e. The second-order valence-electron chi connectivity index (χ2n) is 6.49. The molecule has 2 saturated heterocycles. The maximum atomic E-state index is 13.1. The Kier molecular flexibility index (Phi) is 4.93. The smallest absolute Gasteiger partial charge is 0.328 e. The number of hydrogen-bond acceptors (Lipinski definition) is 7. The SMILES string of the molecule is Cc1ccc(S(=O)(=O)N(C(=O)[C@@H]2CCC3ON32)[C@@H](CC(N)=O)C(=O)O)cc1. The molecular formula is C16H19N3O7S. The molecule has 0 radical (unpaired) electrons. The molecule has 2 aliphatic heterocycles. The van der Waals surface area contributed by atoms with Crippen LogP contribution in [0.15, 0.2) is 29.2 Å². The topological polar surface area (TPSA) is 150 Å². The molecular weight excluding hydrogens is 378 g/mol. The van der Waals surface area contributed by atoms with Crippen molar-refractivity contribution in [3.05, 3.63) is 29.8 Å². The van der Waals surface area contributed by atoms with Gasteiger partial charge in [-0.1, -0.05) is 17.7 Å². The average molecular weight is 397 g/mol. The normalized spacial score (nSPS) is 24.7. The zero-order chi connectivity index (χ0) is 19.9. The second kappa shape index (κ2) is 6.91. The fraction of sp³-hybridized carbons (Fsp3) is 0.438. The number of aryl methyl sites for hydroxylation is 1. The van der Waals surface area contributed by atoms with Crippen LogP contribution >= 0.6 is 0 Å². The molecule has 0 saturated carbocycles. The van der Waals surface area contributed by atoms with Gasteiger partial charge in [-0.05, 0) is 31.9 Å². The number of nitrogens with two attached hydrogens (primary N) is 1. The van der Waals surface area contributed by atoms with E-state index in [9.17, 15) is 27.9 Å². The Labute approximate surface area is 155 Å². The van der Waals surface area contributed by atoms with Crippen LogP contribution < -0.4 is 5.73 Å². The van der Waals surface area contributed by atoms with Crippen molar-refractivity contribution in [3.8, 4) is 0 Å². The summed E-state index contributed by atoms with van der Waals surface area (Å²) in [6.45, 7) is 1.75. The maximum absolute atomic E-state index is 13.1. The molecule has 0 bridgehead atoms. The number of benzene rings is 1. The third kappa shape index (κ3) is 3.66. The Morgan fingerprint density at radius 1 is 1.30 bits per heavy atom. The van der Waals surface area contributed by atoms with Crippen molar-refractivity contribution in [2.45, 2.75) is 49.4 Å². The lowest BCUT2D eigenvalue weighted by atomic mass is 10.1. The van der Waals surface area contributed by atoms with Crippen molar-refractivity contribution in [2.75, 3.05) is 0 Å². The Balaban J connectivity index is 2.05. The van der Waals surface area contributed by atoms with E-state index >= 15 is 0 Å². The number of carbonyl (C=O) groups is 3. The molecule has 2 unspecified atom stereocenters. The van der Waals surface area contributed by atoms with Crippen LogP contribution in [0, 0.1) is 6.92 Å². The lowest BCUT2D eigenvalue weighted by Crippen LogP contribution is -2.54. The first-order valence-corrected chi connectivity index (χ1v) is 9.68. The van der Waals surface area contributed by atoms with E-state index < -0.39 is 46.3 Å². The first kappa shape index (κ1) is 19.3. The van der Waals surface area contributed by atoms with Crippen LogP contribution in [0.5, 0.6) is 0 Å². The van der Waals surface area contributed by atoms with E-state index in [1.54, 1.807) is 6.92 Å². The summed E-state index contributed by atoms with van der Waals surface area (Å²) in [7, 11) is -4.54. The van der Waals surface area contributed by atoms with Gasteiger partial charge in [0.25, 0.3) is 15.9 Å². The molecule has 10 nitrogen and oxygen atoms in total. The van der Waals surface area contributed by atoms with Crippen LogP contribution in [-0.2, 0) is 29.2 Å². The fourth-order valence-electron chi connectivity index (χ4n) is 3.10. The zero-order valence-electron chi connectivity index (χ0n) is 14.4. The van der Waals surface area contributed by atoms with E-state index in [0.29, 0.717) is 12.8 Å². The van der Waals surface area contributed by atoms with Crippen LogP contribution in [0.3, 0.4) is 0 Å². The van der Waals surface area contributed by atoms with Gasteiger partial charge in [-0.3, -0.25) is 14.4 Å². The van der Waals surface area contributed by atoms with Crippen molar-refractivity contribution in [1.29, 1.82) is 0 Å². The van der Waals surface area contributed by atoms with Gasteiger partial charge >= 0.3 is 5.97 Å². The van der Waals surface area contributed by atoms with Crippen molar-refractivity contribution < 1.29 is 32.7 Å². The number of carbonyl (C=O) groups excluding carboxylic acids is 2. The Morgan fingerprint density at radius 3 is 2.37 bits per heavy atom. The molecule has 2 amide bonds. The number of hydrogen-bond donors (Lipinski definition) is 2. The van der Waals surface area contributed by atoms with E-state index in [0.717, 1.165) is 5.56 Å². The highest BCUT2D eigenvalue weighted by atomic mass is 32.2. The second-order valence-corrected chi connectivity index (χ2v) is 8.30. The number of carboxylic acid groups (broad SMARTS) is 1. The fourth-order valence-corrected chi connectivity index (χ4v) is 4.66. The first-order valence-electron chi connectivity index (χ1n) is 8.24. The highest BCUT2D eigenvalue weighted by Crippen LogP contribution is 2.39. The molecule has 2 heterocycles. The Morgan fingerprint density at radius 2 is 1.93 bits per heavy atom. The van der Waals surface area contributed by atoms with Crippen molar-refractivity contribution >= 4 is 27.8 Å². The monoisotopic (exact) mass is 397 g/mol. The lowest BCUT2D eigenvalue weighted by Gasteiger charge is -2.30. The highest BCUT2D eigenvalue weighted by Gasteiger charge is 2.55. The van der Waals surface area contributed by atoms with Gasteiger partial charge in [-0.15, -0.1) is 5.06 Å². The van der Waals surface area contributed by atoms with E-state index in [1.807, 2.05) is 0 Å². The highest BCUT2D eigenvalue weighted by molar-refractivity contribution is 7.89. The number of aliphatic carboxylic acids is 1. The molecule has 0 aliphatic carbocycles. The number of carboxylic acids is 1. The van der Waals surface area contributed by atoms with Gasteiger partial charge in [0, 0.05) is 0 Å². The summed E-state index contributed by atoms with van der Waals surface area (Å²) in [4.78, 5) is 40.9. The summed E-state index contributed by atoms with van der Waals surface area (Å²) in [5, 5.41) is 10.8. The summed E-state index contributed by atoms with van der Waals surface area (Å²) < 4.78 is 26.5. The predicted molar refractivity (Wildman–Crippen MR) is 90.2 cm³/mol. The van der Waals surface area contributed by atoms with Crippen LogP contribution in [0.1, 0.15) is 24.8 Å². The summed E-state index contributed by atoms with van der Waals surface area (Å²) in [6.07, 6.45) is -0.236. The van der Waals surface area contributed by atoms with E-state index in [4.69, 9.17) is 10.6 Å². The molecule has 2 aliphatic rings. The molecule has 3 rings (SSSR count). The molecule has 1 aromatic carbocycles. The van der Waals surface area contributed by atoms with Gasteiger partial charge in [-0.25, -0.2) is 17.5 Å². The van der Waals surface area contributed by atoms with Crippen molar-refractivity contribution in [3.63, 3.8) is 0 Å². The average Bonchev–Trinajstić information content (AvgIpc) is 3.23. The van der Waals surface area contributed by atoms with Gasteiger partial charge in [-0.2, -0.15) is 0 Å². The summed E-state index contributed by atoms with van der Waals surface area (Å²) in [6, 6.07) is 2.74. The summed E-state index contributed by atoms with van der Waals surface area (Å²) >= 11 is 0. The third-order valence-electron chi connectivity index (χ3n) is 4.52. The van der Waals surface area contributed by atoms with Crippen molar-refractivity contribution in [2.24, 2.45) is 5.73 Å². The molecule has 3 N–H and O–H groups in total. The van der Waals surface area contributed by atoms with Gasteiger partial charge in [0.05, 0.1) is 11.3 Å². The Bertz CT molecular complexity index is 884. The molecule has 2 fully saturated rings. The minimum Gasteiger partial charge on any atom is -0.480 e. The molecule has 1 aromatic rings. The van der Waals surface area contributed by atoms with E-state index in [2.05, 4.69) is 0 Å². The van der Waals surface area contributed by atoms with Gasteiger partial charge in [0.2, 0.25) is 5.91 Å². The zero-order valence-corrected chi connectivity index (χ0v) is 15.3. The van der Waals surface area contributed by atoms with Crippen LogP contribution in [0.2, 0.25) is 0 Å². The summed E-state index contributed by atoms with van der Waals surface area (Å²) in [5.41, 5.74) is 5.88. The molecule has 4 atom stereocenters. The molecule has 0 aromatic heterocycles. The molecule has 27 heavy (non-hydrogen) atoms. The van der Waals surface area contributed by atoms with Gasteiger partial charge in [0.1, 0.15) is 6.04 Å². The predicted octanol–water partition coefficient (Wildman–Crippen LogP) is -0.423. The minimum atomic E-state index is -4.54. The van der Waals surface area contributed by atoms with Crippen molar-refractivity contribution in [1.82, 2.24) is 9.37 Å². The lowest BCUT2D eigenvalue weighted by molar-refractivity contribution is -0.149. The molecule has 0 spiro atoms. The van der Waals surface area contributed by atoms with Crippen LogP contribution in [-0.4, -0.2) is 59.0 Å². The van der Waals surface area contributed by atoms with E-state index in [-0.39, 0.29) is 15.4 Å². The summed E-state index contributed by atoms with van der Waals surface area (Å²) in [5.74, 6) is -3.63. The number of rotatable bonds is 7. The number of primary amides is 1. The maximum Gasteiger partial charge on any atom is 0.328 e. The number of amides is 2. The van der Waals surface area contributed by atoms with E-state index in [1.165, 1.54) is 29.3 Å². The number of hydroxylamine groups is 2. The van der Waals surface area contributed by atoms with Crippen LogP contribution in [0.4, 0.5) is 0 Å². The minimum absolute atomic E-state index is 0.251. The Hall–Kier alpha value is -2.50. The number of nitrogens with zero attached hydrogens (tertiary/aromatic N) is 2. The first-order chi connectivity index (χ1) is 12.6. The standard InChI is InChI=1S/C16H19N3O7S/c1-9-2-4-10(5-3-9)27(24,25)19(12(16(22)23)8-13(17)20)15(21)11-6-7-14-18(11)26-14/h2-5,11-12,14H,6-8H2,1H3,(H2,17,20)(H,22,23)/t11-,12-,14?,18?/m0/s1. The van der Waals surface area contributed by atoms with Crippen LogP contribution in [0.25, 0.3) is 0 Å². The quantitative estimate of drug-likeness (QED) is 0.589. The van der Waals surface area contributed by atoms with Gasteiger partial charge in [0.15, 0.2) is 12.3 Å². The number of sulfonamides is 1. The third-order valence-corrected chi connectivity index (χ3v) is 6.34. The molecule has 11 heteroatoms.